The van der Waals surface area contributed by atoms with Crippen molar-refractivity contribution < 1.29 is 0 Å². The van der Waals surface area contributed by atoms with Crippen molar-refractivity contribution in [1.82, 2.24) is 4.90 Å². The molecule has 1 aromatic rings. The van der Waals surface area contributed by atoms with Crippen molar-refractivity contribution in [2.45, 2.75) is 12.3 Å². The minimum absolute atomic E-state index is 0.635. The van der Waals surface area contributed by atoms with Gasteiger partial charge >= 0.3 is 0 Å². The Bertz CT molecular complexity index is 340. The van der Waals surface area contributed by atoms with Crippen molar-refractivity contribution in [3.05, 3.63) is 60.8 Å². The van der Waals surface area contributed by atoms with E-state index in [1.807, 2.05) is 6.08 Å². The van der Waals surface area contributed by atoms with Gasteiger partial charge in [0.25, 0.3) is 0 Å². The lowest BCUT2D eigenvalue weighted by Gasteiger charge is -2.29. The molecule has 0 amide bonds. The summed E-state index contributed by atoms with van der Waals surface area (Å²) < 4.78 is 0. The summed E-state index contributed by atoms with van der Waals surface area (Å²) in [5.41, 5.74) is 1.44. The molecule has 15 heavy (non-hydrogen) atoms. The number of hydrogen-bond donors (Lipinski definition) is 0. The van der Waals surface area contributed by atoms with Gasteiger partial charge in [-0.3, -0.25) is 0 Å². The highest BCUT2D eigenvalue weighted by atomic mass is 15.1. The van der Waals surface area contributed by atoms with Crippen molar-refractivity contribution in [1.29, 1.82) is 0 Å². The Kier molecular flexibility index (Phi) is 3.23. The van der Waals surface area contributed by atoms with E-state index in [2.05, 4.69) is 54.1 Å². The molecule has 0 spiro atoms. The van der Waals surface area contributed by atoms with E-state index in [0.29, 0.717) is 5.92 Å². The molecule has 2 rings (SSSR count). The predicted molar refractivity (Wildman–Crippen MR) is 64.7 cm³/mol. The zero-order valence-electron chi connectivity index (χ0n) is 8.97. The first kappa shape index (κ1) is 10.0. The highest BCUT2D eigenvalue weighted by Crippen LogP contribution is 2.24. The van der Waals surface area contributed by atoms with Crippen molar-refractivity contribution in [3.8, 4) is 0 Å². The fourth-order valence-corrected chi connectivity index (χ4v) is 2.06. The summed E-state index contributed by atoms with van der Waals surface area (Å²) in [6.45, 7) is 5.82. The molecular formula is C14H17N. The molecule has 0 fully saturated rings. The monoisotopic (exact) mass is 199 g/mol. The first-order valence-electron chi connectivity index (χ1n) is 5.46. The van der Waals surface area contributed by atoms with Crippen LogP contribution in [0.5, 0.6) is 0 Å². The molecule has 0 bridgehead atoms. The number of allylic oxidation sites excluding steroid dienone is 1. The average molecular weight is 199 g/mol. The molecule has 1 unspecified atom stereocenters. The van der Waals surface area contributed by atoms with E-state index in [1.165, 1.54) is 5.56 Å². The molecule has 1 aliphatic heterocycles. The zero-order chi connectivity index (χ0) is 10.5. The Morgan fingerprint density at radius 3 is 2.87 bits per heavy atom. The molecule has 0 radical (unpaired) electrons. The Balaban J connectivity index is 2.07. The van der Waals surface area contributed by atoms with Crippen LogP contribution in [-0.2, 0) is 0 Å². The summed E-state index contributed by atoms with van der Waals surface area (Å²) in [7, 11) is 0. The summed E-state index contributed by atoms with van der Waals surface area (Å²) in [4.78, 5) is 2.31. The van der Waals surface area contributed by atoms with Crippen LogP contribution in [0.4, 0.5) is 0 Å². The third kappa shape index (κ3) is 2.50. The molecule has 0 N–H and O–H groups in total. The van der Waals surface area contributed by atoms with Crippen molar-refractivity contribution in [2.24, 2.45) is 0 Å². The summed E-state index contributed by atoms with van der Waals surface area (Å²) in [5.74, 6) is 0.635. The van der Waals surface area contributed by atoms with Crippen molar-refractivity contribution in [2.75, 3.05) is 13.1 Å². The SMILES string of the molecule is C=CCN1C=CCC(c2ccccc2)C1. The van der Waals surface area contributed by atoms with Crippen LogP contribution in [-0.4, -0.2) is 18.0 Å². The second-order valence-electron chi connectivity index (χ2n) is 3.97. The summed E-state index contributed by atoms with van der Waals surface area (Å²) in [6, 6.07) is 10.7. The Hall–Kier alpha value is -1.50. The van der Waals surface area contributed by atoms with Gasteiger partial charge in [-0.05, 0) is 18.2 Å². The Morgan fingerprint density at radius 1 is 1.33 bits per heavy atom. The van der Waals surface area contributed by atoms with Crippen LogP contribution in [0, 0.1) is 0 Å². The summed E-state index contributed by atoms with van der Waals surface area (Å²) in [5, 5.41) is 0. The minimum atomic E-state index is 0.635. The molecular weight excluding hydrogens is 182 g/mol. The van der Waals surface area contributed by atoms with Gasteiger partial charge in [0.2, 0.25) is 0 Å². The van der Waals surface area contributed by atoms with Gasteiger partial charge in [0, 0.05) is 19.0 Å². The fourth-order valence-electron chi connectivity index (χ4n) is 2.06. The quantitative estimate of drug-likeness (QED) is 0.676. The van der Waals surface area contributed by atoms with Gasteiger partial charge in [-0.1, -0.05) is 42.5 Å². The average Bonchev–Trinajstić information content (AvgIpc) is 2.31. The van der Waals surface area contributed by atoms with Gasteiger partial charge in [-0.25, -0.2) is 0 Å². The lowest BCUT2D eigenvalue weighted by Crippen LogP contribution is -2.26. The molecule has 1 heterocycles. The van der Waals surface area contributed by atoms with E-state index in [-0.39, 0.29) is 0 Å². The Morgan fingerprint density at radius 2 is 2.13 bits per heavy atom. The van der Waals surface area contributed by atoms with Gasteiger partial charge in [0.15, 0.2) is 0 Å². The summed E-state index contributed by atoms with van der Waals surface area (Å²) in [6.07, 6.45) is 7.54. The molecule has 1 aromatic carbocycles. The van der Waals surface area contributed by atoms with Crippen LogP contribution >= 0.6 is 0 Å². The van der Waals surface area contributed by atoms with Crippen LogP contribution in [0.15, 0.2) is 55.3 Å². The minimum Gasteiger partial charge on any atom is -0.373 e. The largest absolute Gasteiger partial charge is 0.373 e. The zero-order valence-corrected chi connectivity index (χ0v) is 8.97. The predicted octanol–water partition coefficient (Wildman–Crippen LogP) is 3.18. The highest BCUT2D eigenvalue weighted by Gasteiger charge is 2.15. The molecule has 0 aliphatic carbocycles. The van der Waals surface area contributed by atoms with Crippen LogP contribution < -0.4 is 0 Å². The number of rotatable bonds is 3. The first-order valence-corrected chi connectivity index (χ1v) is 5.46. The normalized spacial score (nSPS) is 20.3. The molecule has 0 saturated carbocycles. The van der Waals surface area contributed by atoms with Crippen molar-refractivity contribution in [3.63, 3.8) is 0 Å². The molecule has 1 heteroatoms. The Labute approximate surface area is 91.7 Å². The van der Waals surface area contributed by atoms with Gasteiger partial charge in [0.05, 0.1) is 0 Å². The number of hydrogen-bond acceptors (Lipinski definition) is 1. The second-order valence-corrected chi connectivity index (χ2v) is 3.97. The van der Waals surface area contributed by atoms with E-state index in [4.69, 9.17) is 0 Å². The van der Waals surface area contributed by atoms with E-state index in [0.717, 1.165) is 19.5 Å². The number of nitrogens with zero attached hydrogens (tertiary/aromatic N) is 1. The molecule has 0 aromatic heterocycles. The lowest BCUT2D eigenvalue weighted by atomic mass is 9.93. The topological polar surface area (TPSA) is 3.24 Å². The maximum Gasteiger partial charge on any atom is 0.0351 e. The van der Waals surface area contributed by atoms with Crippen LogP contribution in [0.3, 0.4) is 0 Å². The third-order valence-electron chi connectivity index (χ3n) is 2.83. The van der Waals surface area contributed by atoms with Crippen molar-refractivity contribution >= 4 is 0 Å². The van der Waals surface area contributed by atoms with Gasteiger partial charge < -0.3 is 4.90 Å². The third-order valence-corrected chi connectivity index (χ3v) is 2.83. The number of benzene rings is 1. The first-order chi connectivity index (χ1) is 7.40. The second kappa shape index (κ2) is 4.83. The van der Waals surface area contributed by atoms with Gasteiger partial charge in [0.1, 0.15) is 0 Å². The maximum atomic E-state index is 3.78. The molecule has 1 atom stereocenters. The molecule has 78 valence electrons. The lowest BCUT2D eigenvalue weighted by molar-refractivity contribution is 0.360. The van der Waals surface area contributed by atoms with Crippen LogP contribution in [0.2, 0.25) is 0 Å². The van der Waals surface area contributed by atoms with Crippen LogP contribution in [0.25, 0.3) is 0 Å². The molecule has 1 nitrogen and oxygen atoms in total. The van der Waals surface area contributed by atoms with Gasteiger partial charge in [-0.15, -0.1) is 6.58 Å². The van der Waals surface area contributed by atoms with E-state index >= 15 is 0 Å². The van der Waals surface area contributed by atoms with E-state index < -0.39 is 0 Å². The fraction of sp³-hybridized carbons (Fsp3) is 0.286. The summed E-state index contributed by atoms with van der Waals surface area (Å²) >= 11 is 0. The molecule has 0 saturated heterocycles. The van der Waals surface area contributed by atoms with E-state index in [1.54, 1.807) is 0 Å². The van der Waals surface area contributed by atoms with Gasteiger partial charge in [-0.2, -0.15) is 0 Å². The van der Waals surface area contributed by atoms with E-state index in [9.17, 15) is 0 Å². The standard InChI is InChI=1S/C14H17N/c1-2-10-15-11-6-9-14(12-15)13-7-4-3-5-8-13/h2-8,11,14H,1,9-10,12H2. The van der Waals surface area contributed by atoms with Crippen LogP contribution in [0.1, 0.15) is 17.9 Å². The maximum absolute atomic E-state index is 3.78. The molecule has 1 aliphatic rings. The highest BCUT2D eigenvalue weighted by molar-refractivity contribution is 5.22. The smallest absolute Gasteiger partial charge is 0.0351 e.